The molecule has 5 heteroatoms. The summed E-state index contributed by atoms with van der Waals surface area (Å²) in [4.78, 5) is 11.9. The van der Waals surface area contributed by atoms with Gasteiger partial charge in [-0.2, -0.15) is 0 Å². The second-order valence-corrected chi connectivity index (χ2v) is 5.10. The number of ether oxygens (including phenoxy) is 1. The number of nitrogens with one attached hydrogen (secondary N) is 2. The van der Waals surface area contributed by atoms with E-state index >= 15 is 0 Å². The van der Waals surface area contributed by atoms with Crippen LogP contribution in [0.5, 0.6) is 5.75 Å². The van der Waals surface area contributed by atoms with Gasteiger partial charge >= 0.3 is 0 Å². The first kappa shape index (κ1) is 16.1. The fourth-order valence-electron chi connectivity index (χ4n) is 1.72. The number of hydrogen-bond donors (Lipinski definition) is 3. The summed E-state index contributed by atoms with van der Waals surface area (Å²) in [5, 5.41) is 5.97. The Bertz CT molecular complexity index is 447. The summed E-state index contributed by atoms with van der Waals surface area (Å²) in [5.41, 5.74) is 7.30. The van der Waals surface area contributed by atoms with Crippen molar-refractivity contribution in [3.05, 3.63) is 18.2 Å². The van der Waals surface area contributed by atoms with Crippen LogP contribution in [0.4, 0.5) is 11.4 Å². The van der Waals surface area contributed by atoms with Crippen LogP contribution in [0.3, 0.4) is 0 Å². The molecule has 20 heavy (non-hydrogen) atoms. The van der Waals surface area contributed by atoms with Crippen LogP contribution in [-0.4, -0.2) is 24.6 Å². The van der Waals surface area contributed by atoms with Crippen molar-refractivity contribution in [3.8, 4) is 5.75 Å². The average molecular weight is 279 g/mol. The minimum absolute atomic E-state index is 0.0562. The molecule has 1 rings (SSSR count). The van der Waals surface area contributed by atoms with E-state index in [0.29, 0.717) is 23.7 Å². The zero-order chi connectivity index (χ0) is 15.1. The molecule has 4 N–H and O–H groups in total. The second-order valence-electron chi connectivity index (χ2n) is 5.10. The zero-order valence-corrected chi connectivity index (χ0v) is 12.7. The van der Waals surface area contributed by atoms with Crippen molar-refractivity contribution in [1.29, 1.82) is 0 Å². The van der Waals surface area contributed by atoms with Gasteiger partial charge < -0.3 is 21.1 Å². The fourth-order valence-corrected chi connectivity index (χ4v) is 1.72. The normalized spacial score (nSPS) is 12.1. The number of benzene rings is 1. The van der Waals surface area contributed by atoms with Crippen molar-refractivity contribution in [2.24, 2.45) is 0 Å². The summed E-state index contributed by atoms with van der Waals surface area (Å²) >= 11 is 0. The molecule has 0 aliphatic rings. The minimum Gasteiger partial charge on any atom is -0.491 e. The lowest BCUT2D eigenvalue weighted by molar-refractivity contribution is -0.122. The molecule has 0 aliphatic heterocycles. The van der Waals surface area contributed by atoms with Crippen LogP contribution >= 0.6 is 0 Å². The van der Waals surface area contributed by atoms with E-state index in [9.17, 15) is 4.79 Å². The molecule has 0 aliphatic carbocycles. The van der Waals surface area contributed by atoms with Crippen molar-refractivity contribution in [2.45, 2.75) is 46.2 Å². The summed E-state index contributed by atoms with van der Waals surface area (Å²) < 4.78 is 5.57. The fraction of sp³-hybridized carbons (Fsp3) is 0.533. The molecule has 1 unspecified atom stereocenters. The predicted molar refractivity (Wildman–Crippen MR) is 83.0 cm³/mol. The van der Waals surface area contributed by atoms with Crippen LogP contribution < -0.4 is 21.1 Å². The van der Waals surface area contributed by atoms with E-state index in [2.05, 4.69) is 10.6 Å². The van der Waals surface area contributed by atoms with Gasteiger partial charge in [0, 0.05) is 6.04 Å². The maximum atomic E-state index is 11.9. The summed E-state index contributed by atoms with van der Waals surface area (Å²) in [5.74, 6) is 0.590. The molecular formula is C15H25N3O2. The molecule has 1 atom stereocenters. The number of rotatable bonds is 7. The molecule has 0 fully saturated rings. The highest BCUT2D eigenvalue weighted by Gasteiger charge is 2.15. The molecule has 1 aromatic carbocycles. The van der Waals surface area contributed by atoms with Gasteiger partial charge in [-0.3, -0.25) is 4.79 Å². The van der Waals surface area contributed by atoms with E-state index in [0.717, 1.165) is 6.42 Å². The molecule has 0 aromatic heterocycles. The number of para-hydroxylation sites is 1. The number of hydrogen-bond acceptors (Lipinski definition) is 4. The molecular weight excluding hydrogens is 254 g/mol. The van der Waals surface area contributed by atoms with Crippen molar-refractivity contribution in [3.63, 3.8) is 0 Å². The molecule has 0 heterocycles. The number of nitrogens with two attached hydrogens (primary N) is 1. The summed E-state index contributed by atoms with van der Waals surface area (Å²) in [6.07, 6.45) is 0.921. The molecule has 1 amide bonds. The highest BCUT2D eigenvalue weighted by atomic mass is 16.5. The summed E-state index contributed by atoms with van der Waals surface area (Å²) in [7, 11) is 0. The van der Waals surface area contributed by atoms with E-state index in [-0.39, 0.29) is 18.0 Å². The molecule has 112 valence electrons. The van der Waals surface area contributed by atoms with Crippen molar-refractivity contribution < 1.29 is 9.53 Å². The van der Waals surface area contributed by atoms with Crippen LogP contribution in [-0.2, 0) is 4.79 Å². The topological polar surface area (TPSA) is 76.4 Å². The monoisotopic (exact) mass is 279 g/mol. The van der Waals surface area contributed by atoms with E-state index in [1.807, 2.05) is 39.0 Å². The van der Waals surface area contributed by atoms with E-state index in [4.69, 9.17) is 10.5 Å². The Labute approximate surface area is 120 Å². The van der Waals surface area contributed by atoms with Crippen molar-refractivity contribution >= 4 is 17.3 Å². The maximum absolute atomic E-state index is 11.9. The third-order valence-corrected chi connectivity index (χ3v) is 2.72. The first-order valence-corrected chi connectivity index (χ1v) is 7.03. The Hall–Kier alpha value is -1.91. The average Bonchev–Trinajstić information content (AvgIpc) is 2.39. The number of nitrogen functional groups attached to an aromatic ring is 1. The van der Waals surface area contributed by atoms with Crippen LogP contribution in [0.1, 0.15) is 34.1 Å². The minimum atomic E-state index is -0.360. The van der Waals surface area contributed by atoms with E-state index < -0.39 is 0 Å². The van der Waals surface area contributed by atoms with Gasteiger partial charge in [0.2, 0.25) is 5.91 Å². The molecule has 5 nitrogen and oxygen atoms in total. The number of anilines is 2. The number of carbonyl (C=O) groups excluding carboxylic acids is 1. The van der Waals surface area contributed by atoms with E-state index in [1.165, 1.54) is 0 Å². The lowest BCUT2D eigenvalue weighted by Gasteiger charge is -2.19. The number of amides is 1. The second kappa shape index (κ2) is 7.62. The van der Waals surface area contributed by atoms with Crippen LogP contribution in [0.15, 0.2) is 18.2 Å². The first-order valence-electron chi connectivity index (χ1n) is 7.03. The molecule has 0 radical (unpaired) electrons. The van der Waals surface area contributed by atoms with Gasteiger partial charge in [-0.15, -0.1) is 0 Å². The van der Waals surface area contributed by atoms with Gasteiger partial charge in [0.1, 0.15) is 11.8 Å². The smallest absolute Gasteiger partial charge is 0.242 e. The van der Waals surface area contributed by atoms with E-state index in [1.54, 1.807) is 6.92 Å². The predicted octanol–water partition coefficient (Wildman–Crippen LogP) is 2.38. The highest BCUT2D eigenvalue weighted by molar-refractivity contribution is 5.86. The van der Waals surface area contributed by atoms with Gasteiger partial charge in [-0.25, -0.2) is 0 Å². The molecule has 1 aromatic rings. The Morgan fingerprint density at radius 3 is 2.65 bits per heavy atom. The van der Waals surface area contributed by atoms with Crippen LogP contribution in [0.2, 0.25) is 0 Å². The Morgan fingerprint density at radius 2 is 2.05 bits per heavy atom. The molecule has 0 saturated heterocycles. The molecule has 0 saturated carbocycles. The standard InChI is InChI=1S/C15H25N3O2/c1-5-9-20-13-8-6-7-12(14(13)16)18-11(4)15(19)17-10(2)3/h6-8,10-11,18H,5,9,16H2,1-4H3,(H,17,19). The van der Waals surface area contributed by atoms with Gasteiger partial charge in [0.15, 0.2) is 0 Å². The van der Waals surface area contributed by atoms with Gasteiger partial charge in [-0.1, -0.05) is 13.0 Å². The quantitative estimate of drug-likeness (QED) is 0.670. The number of carbonyl (C=O) groups is 1. The van der Waals surface area contributed by atoms with Crippen LogP contribution in [0.25, 0.3) is 0 Å². The lowest BCUT2D eigenvalue weighted by atomic mass is 10.2. The van der Waals surface area contributed by atoms with Gasteiger partial charge in [0.25, 0.3) is 0 Å². The summed E-state index contributed by atoms with van der Waals surface area (Å²) in [6.45, 7) is 8.32. The first-order chi connectivity index (χ1) is 9.45. The Morgan fingerprint density at radius 1 is 1.35 bits per heavy atom. The Kier molecular flexibility index (Phi) is 6.15. The maximum Gasteiger partial charge on any atom is 0.242 e. The van der Waals surface area contributed by atoms with Gasteiger partial charge in [0.05, 0.1) is 18.0 Å². The van der Waals surface area contributed by atoms with Crippen LogP contribution in [0, 0.1) is 0 Å². The lowest BCUT2D eigenvalue weighted by Crippen LogP contribution is -2.41. The largest absolute Gasteiger partial charge is 0.491 e. The zero-order valence-electron chi connectivity index (χ0n) is 12.7. The molecule has 0 bridgehead atoms. The Balaban J connectivity index is 2.74. The third-order valence-electron chi connectivity index (χ3n) is 2.72. The highest BCUT2D eigenvalue weighted by Crippen LogP contribution is 2.29. The van der Waals surface area contributed by atoms with Crippen molar-refractivity contribution in [2.75, 3.05) is 17.7 Å². The van der Waals surface area contributed by atoms with Gasteiger partial charge in [-0.05, 0) is 39.3 Å². The molecule has 0 spiro atoms. The SMILES string of the molecule is CCCOc1cccc(NC(C)C(=O)NC(C)C)c1N. The summed E-state index contributed by atoms with van der Waals surface area (Å²) in [6, 6.07) is 5.28. The third kappa shape index (κ3) is 4.64. The van der Waals surface area contributed by atoms with Crippen molar-refractivity contribution in [1.82, 2.24) is 5.32 Å².